The Bertz CT molecular complexity index is 735. The molecule has 1 aliphatic rings. The molecule has 1 saturated heterocycles. The Balaban J connectivity index is 1.89. The van der Waals surface area contributed by atoms with Gasteiger partial charge in [0.05, 0.1) is 0 Å². The third kappa shape index (κ3) is 3.56. The number of hydrogen-bond donors (Lipinski definition) is 1. The number of aliphatic carboxylic acids is 1. The van der Waals surface area contributed by atoms with Gasteiger partial charge in [-0.2, -0.15) is 0 Å². The lowest BCUT2D eigenvalue weighted by Crippen LogP contribution is -2.45. The lowest BCUT2D eigenvalue weighted by atomic mass is 10.1. The summed E-state index contributed by atoms with van der Waals surface area (Å²) in [6, 6.07) is 6.95. The van der Waals surface area contributed by atoms with Gasteiger partial charge in [0, 0.05) is 29.1 Å². The van der Waals surface area contributed by atoms with Crippen molar-refractivity contribution in [1.29, 1.82) is 0 Å². The van der Waals surface area contributed by atoms with Crippen molar-refractivity contribution < 1.29 is 23.8 Å². The summed E-state index contributed by atoms with van der Waals surface area (Å²) in [5.74, 6) is -1.28. The number of halogens is 1. The number of furan rings is 1. The number of carbonyl (C=O) groups is 2. The van der Waals surface area contributed by atoms with Gasteiger partial charge >= 0.3 is 5.97 Å². The highest BCUT2D eigenvalue weighted by Gasteiger charge is 2.30. The summed E-state index contributed by atoms with van der Waals surface area (Å²) < 4.78 is 11.8. The summed E-state index contributed by atoms with van der Waals surface area (Å²) in [5, 5.41) is 9.92. The van der Waals surface area contributed by atoms with Gasteiger partial charge in [-0.05, 0) is 37.1 Å². The second-order valence-corrected chi connectivity index (χ2v) is 6.38. The quantitative estimate of drug-likeness (QED) is 0.880. The molecule has 1 aromatic carbocycles. The minimum Gasteiger partial charge on any atom is -0.480 e. The monoisotopic (exact) mass is 381 g/mol. The van der Waals surface area contributed by atoms with Crippen molar-refractivity contribution in [3.8, 4) is 0 Å². The molecule has 23 heavy (non-hydrogen) atoms. The lowest BCUT2D eigenvalue weighted by molar-refractivity contribution is -0.138. The maximum atomic E-state index is 12.8. The van der Waals surface area contributed by atoms with Crippen LogP contribution in [0.5, 0.6) is 0 Å². The van der Waals surface area contributed by atoms with Gasteiger partial charge in [-0.3, -0.25) is 9.59 Å². The van der Waals surface area contributed by atoms with Crippen molar-refractivity contribution in [3.63, 3.8) is 0 Å². The molecule has 1 aromatic heterocycles. The minimum atomic E-state index is -1.04. The van der Waals surface area contributed by atoms with Gasteiger partial charge < -0.3 is 19.2 Å². The van der Waals surface area contributed by atoms with Gasteiger partial charge in [-0.1, -0.05) is 15.9 Å². The van der Waals surface area contributed by atoms with Crippen LogP contribution in [0.1, 0.15) is 23.4 Å². The molecule has 0 unspecified atom stereocenters. The number of ether oxygens (including phenoxy) is 1. The van der Waals surface area contributed by atoms with Crippen molar-refractivity contribution in [1.82, 2.24) is 4.90 Å². The Kier molecular flexibility index (Phi) is 4.68. The SMILES string of the molecule is O=C(O)CN(C(=O)c1cc2cc(Br)ccc2o1)C1CCOCC1. The largest absolute Gasteiger partial charge is 0.480 e. The van der Waals surface area contributed by atoms with Crippen LogP contribution in [0.15, 0.2) is 33.2 Å². The highest BCUT2D eigenvalue weighted by Crippen LogP contribution is 2.25. The van der Waals surface area contributed by atoms with E-state index in [4.69, 9.17) is 14.3 Å². The van der Waals surface area contributed by atoms with Crippen LogP contribution in [-0.4, -0.2) is 47.7 Å². The summed E-state index contributed by atoms with van der Waals surface area (Å²) in [7, 11) is 0. The molecule has 0 bridgehead atoms. The van der Waals surface area contributed by atoms with Crippen LogP contribution in [0.3, 0.4) is 0 Å². The summed E-state index contributed by atoms with van der Waals surface area (Å²) in [4.78, 5) is 25.3. The van der Waals surface area contributed by atoms with E-state index in [9.17, 15) is 9.59 Å². The number of nitrogens with zero attached hydrogens (tertiary/aromatic N) is 1. The smallest absolute Gasteiger partial charge is 0.323 e. The molecule has 2 aromatic rings. The number of benzene rings is 1. The molecule has 0 atom stereocenters. The molecule has 7 heteroatoms. The Morgan fingerprint density at radius 1 is 1.26 bits per heavy atom. The molecule has 1 fully saturated rings. The summed E-state index contributed by atoms with van der Waals surface area (Å²) in [5.41, 5.74) is 0.596. The number of rotatable bonds is 4. The standard InChI is InChI=1S/C16H16BrNO5/c17-11-1-2-13-10(7-11)8-14(23-13)16(21)18(9-15(19)20)12-3-5-22-6-4-12/h1-2,7-8,12H,3-6,9H2,(H,19,20). The number of fused-ring (bicyclic) bond motifs is 1. The van der Waals surface area contributed by atoms with Crippen molar-refractivity contribution in [3.05, 3.63) is 34.5 Å². The van der Waals surface area contributed by atoms with Gasteiger partial charge in [-0.25, -0.2) is 0 Å². The highest BCUT2D eigenvalue weighted by atomic mass is 79.9. The normalized spacial score (nSPS) is 15.7. The van der Waals surface area contributed by atoms with Crippen molar-refractivity contribution in [2.75, 3.05) is 19.8 Å². The number of amides is 1. The van der Waals surface area contributed by atoms with Crippen LogP contribution in [0.2, 0.25) is 0 Å². The fraction of sp³-hybridized carbons (Fsp3) is 0.375. The Hall–Kier alpha value is -1.86. The maximum absolute atomic E-state index is 12.8. The van der Waals surface area contributed by atoms with E-state index < -0.39 is 11.9 Å². The predicted octanol–water partition coefficient (Wildman–Crippen LogP) is 2.90. The molecular weight excluding hydrogens is 366 g/mol. The number of carbonyl (C=O) groups excluding carboxylic acids is 1. The predicted molar refractivity (Wildman–Crippen MR) is 86.4 cm³/mol. The molecule has 0 aliphatic carbocycles. The first-order chi connectivity index (χ1) is 11.0. The minimum absolute atomic E-state index is 0.146. The van der Waals surface area contributed by atoms with Crippen LogP contribution < -0.4 is 0 Å². The van der Waals surface area contributed by atoms with Gasteiger partial charge in [0.25, 0.3) is 5.91 Å². The first kappa shape index (κ1) is 16.0. The van der Waals surface area contributed by atoms with E-state index in [2.05, 4.69) is 15.9 Å². The van der Waals surface area contributed by atoms with Crippen molar-refractivity contribution >= 4 is 38.8 Å². The second-order valence-electron chi connectivity index (χ2n) is 5.46. The molecular formula is C16H16BrNO5. The second kappa shape index (κ2) is 6.72. The van der Waals surface area contributed by atoms with E-state index in [0.29, 0.717) is 31.6 Å². The molecule has 0 spiro atoms. The zero-order valence-corrected chi connectivity index (χ0v) is 13.9. The number of carboxylic acid groups (broad SMARTS) is 1. The first-order valence-electron chi connectivity index (χ1n) is 7.34. The van der Waals surface area contributed by atoms with Crippen molar-refractivity contribution in [2.45, 2.75) is 18.9 Å². The summed E-state index contributed by atoms with van der Waals surface area (Å²) >= 11 is 3.37. The third-order valence-electron chi connectivity index (χ3n) is 3.89. The van der Waals surface area contributed by atoms with Crippen LogP contribution in [0.25, 0.3) is 11.0 Å². The molecule has 122 valence electrons. The van der Waals surface area contributed by atoms with Gasteiger partial charge in [-0.15, -0.1) is 0 Å². The Morgan fingerprint density at radius 2 is 2.00 bits per heavy atom. The van der Waals surface area contributed by atoms with E-state index in [0.717, 1.165) is 9.86 Å². The fourth-order valence-electron chi connectivity index (χ4n) is 2.77. The topological polar surface area (TPSA) is 80.0 Å². The third-order valence-corrected chi connectivity index (χ3v) is 4.38. The zero-order valence-electron chi connectivity index (χ0n) is 12.3. The van der Waals surface area contributed by atoms with Gasteiger partial charge in [0.2, 0.25) is 0 Å². The maximum Gasteiger partial charge on any atom is 0.323 e. The average Bonchev–Trinajstić information content (AvgIpc) is 2.95. The van der Waals surface area contributed by atoms with E-state index >= 15 is 0 Å². The molecule has 1 aliphatic heterocycles. The molecule has 6 nitrogen and oxygen atoms in total. The zero-order chi connectivity index (χ0) is 16.4. The lowest BCUT2D eigenvalue weighted by Gasteiger charge is -2.32. The highest BCUT2D eigenvalue weighted by molar-refractivity contribution is 9.10. The van der Waals surface area contributed by atoms with Crippen LogP contribution >= 0.6 is 15.9 Å². The summed E-state index contributed by atoms with van der Waals surface area (Å²) in [6.45, 7) is 0.715. The molecule has 2 heterocycles. The molecule has 1 N–H and O–H groups in total. The molecule has 1 amide bonds. The van der Waals surface area contributed by atoms with E-state index in [1.807, 2.05) is 12.1 Å². The van der Waals surface area contributed by atoms with Crippen LogP contribution in [-0.2, 0) is 9.53 Å². The van der Waals surface area contributed by atoms with E-state index in [1.54, 1.807) is 12.1 Å². The summed E-state index contributed by atoms with van der Waals surface area (Å²) in [6.07, 6.45) is 1.26. The van der Waals surface area contributed by atoms with Crippen LogP contribution in [0.4, 0.5) is 0 Å². The molecule has 0 saturated carbocycles. The van der Waals surface area contributed by atoms with Crippen molar-refractivity contribution in [2.24, 2.45) is 0 Å². The van der Waals surface area contributed by atoms with E-state index in [1.165, 1.54) is 4.90 Å². The van der Waals surface area contributed by atoms with Gasteiger partial charge in [0.15, 0.2) is 5.76 Å². The molecule has 0 radical (unpaired) electrons. The Morgan fingerprint density at radius 3 is 2.70 bits per heavy atom. The number of carboxylic acids is 1. The Labute approximate surface area is 141 Å². The fourth-order valence-corrected chi connectivity index (χ4v) is 3.15. The average molecular weight is 382 g/mol. The molecule has 3 rings (SSSR count). The van der Waals surface area contributed by atoms with E-state index in [-0.39, 0.29) is 18.3 Å². The van der Waals surface area contributed by atoms with Gasteiger partial charge in [0.1, 0.15) is 12.1 Å². The first-order valence-corrected chi connectivity index (χ1v) is 8.13. The van der Waals surface area contributed by atoms with Crippen LogP contribution in [0, 0.1) is 0 Å². The number of hydrogen-bond acceptors (Lipinski definition) is 4.